The third-order valence-corrected chi connectivity index (χ3v) is 3.93. The minimum absolute atomic E-state index is 0.0181. The molecule has 0 saturated carbocycles. The van der Waals surface area contributed by atoms with Gasteiger partial charge in [-0.1, -0.05) is 11.6 Å². The number of hydrogen-bond donors (Lipinski definition) is 2. The molecule has 0 unspecified atom stereocenters. The van der Waals surface area contributed by atoms with Crippen molar-refractivity contribution in [1.29, 1.82) is 0 Å². The van der Waals surface area contributed by atoms with Crippen LogP contribution in [0.3, 0.4) is 0 Å². The molecule has 0 atom stereocenters. The number of carbonyl (C=O) groups excluding carboxylic acids is 1. The highest BCUT2D eigenvalue weighted by molar-refractivity contribution is 5.98. The number of aromatic nitrogens is 1. The molecule has 2 N–H and O–H groups in total. The number of rotatable bonds is 4. The molecule has 1 aromatic heterocycles. The summed E-state index contributed by atoms with van der Waals surface area (Å²) < 4.78 is 0. The van der Waals surface area contributed by atoms with Crippen molar-refractivity contribution in [2.24, 2.45) is 0 Å². The van der Waals surface area contributed by atoms with Gasteiger partial charge in [-0.3, -0.25) is 4.79 Å². The first-order chi connectivity index (χ1) is 9.83. The maximum Gasteiger partial charge on any atom is 0.251 e. The number of aromatic amines is 1. The fraction of sp³-hybridized carbons (Fsp3) is 0.353. The van der Waals surface area contributed by atoms with Crippen LogP contribution in [0.15, 0.2) is 42.1 Å². The molecule has 0 bridgehead atoms. The lowest BCUT2D eigenvalue weighted by molar-refractivity contribution is 0.0954. The van der Waals surface area contributed by atoms with Crippen molar-refractivity contribution in [2.75, 3.05) is 6.54 Å². The highest BCUT2D eigenvalue weighted by Gasteiger charge is 2.08. The molecule has 1 heterocycles. The van der Waals surface area contributed by atoms with E-state index >= 15 is 0 Å². The lowest BCUT2D eigenvalue weighted by Crippen LogP contribution is -2.24. The summed E-state index contributed by atoms with van der Waals surface area (Å²) in [5.41, 5.74) is 3.29. The Morgan fingerprint density at radius 3 is 3.05 bits per heavy atom. The molecule has 3 heteroatoms. The molecule has 0 aliphatic heterocycles. The summed E-state index contributed by atoms with van der Waals surface area (Å²) >= 11 is 0. The zero-order valence-corrected chi connectivity index (χ0v) is 11.6. The molecule has 0 radical (unpaired) electrons. The molecule has 1 aromatic carbocycles. The number of benzene rings is 1. The Morgan fingerprint density at radius 1 is 1.25 bits per heavy atom. The summed E-state index contributed by atoms with van der Waals surface area (Å²) in [5, 5.41) is 4.09. The fourth-order valence-electron chi connectivity index (χ4n) is 2.76. The van der Waals surface area contributed by atoms with Crippen LogP contribution in [0.5, 0.6) is 0 Å². The largest absolute Gasteiger partial charge is 0.361 e. The van der Waals surface area contributed by atoms with E-state index in [1.54, 1.807) is 0 Å². The van der Waals surface area contributed by atoms with Gasteiger partial charge in [0.05, 0.1) is 0 Å². The Balaban J connectivity index is 1.57. The van der Waals surface area contributed by atoms with Crippen LogP contribution in [0, 0.1) is 0 Å². The Bertz CT molecular complexity index is 639. The van der Waals surface area contributed by atoms with Crippen LogP contribution in [-0.2, 0) is 0 Å². The number of hydrogen-bond acceptors (Lipinski definition) is 1. The molecule has 1 aliphatic carbocycles. The van der Waals surface area contributed by atoms with E-state index in [-0.39, 0.29) is 5.91 Å². The van der Waals surface area contributed by atoms with Gasteiger partial charge in [0.15, 0.2) is 0 Å². The third-order valence-electron chi connectivity index (χ3n) is 3.93. The summed E-state index contributed by atoms with van der Waals surface area (Å²) in [7, 11) is 0. The molecule has 0 spiro atoms. The third kappa shape index (κ3) is 2.93. The normalized spacial score (nSPS) is 15.1. The van der Waals surface area contributed by atoms with E-state index in [0.717, 1.165) is 29.4 Å². The van der Waals surface area contributed by atoms with Crippen molar-refractivity contribution in [3.63, 3.8) is 0 Å². The van der Waals surface area contributed by atoms with Crippen molar-refractivity contribution >= 4 is 16.8 Å². The first-order valence-corrected chi connectivity index (χ1v) is 7.36. The van der Waals surface area contributed by atoms with Crippen molar-refractivity contribution in [3.8, 4) is 0 Å². The van der Waals surface area contributed by atoms with E-state index in [9.17, 15) is 4.79 Å². The van der Waals surface area contributed by atoms with E-state index in [2.05, 4.69) is 16.4 Å². The molecular formula is C17H20N2O. The second kappa shape index (κ2) is 5.95. The van der Waals surface area contributed by atoms with E-state index in [0.29, 0.717) is 0 Å². The van der Waals surface area contributed by atoms with E-state index in [1.807, 2.05) is 30.5 Å². The topological polar surface area (TPSA) is 44.9 Å². The molecular weight excluding hydrogens is 248 g/mol. The van der Waals surface area contributed by atoms with Crippen molar-refractivity contribution < 1.29 is 4.79 Å². The molecule has 0 saturated heterocycles. The summed E-state index contributed by atoms with van der Waals surface area (Å²) in [5.74, 6) is 0.0181. The van der Waals surface area contributed by atoms with Gasteiger partial charge in [0.1, 0.15) is 0 Å². The van der Waals surface area contributed by atoms with Crippen LogP contribution in [0.25, 0.3) is 10.9 Å². The molecule has 20 heavy (non-hydrogen) atoms. The maximum absolute atomic E-state index is 12.1. The minimum atomic E-state index is 0.0181. The average molecular weight is 268 g/mol. The Labute approximate surface area is 119 Å². The van der Waals surface area contributed by atoms with E-state index in [4.69, 9.17) is 0 Å². The van der Waals surface area contributed by atoms with E-state index in [1.165, 1.54) is 31.3 Å². The quantitative estimate of drug-likeness (QED) is 0.814. The van der Waals surface area contributed by atoms with Gasteiger partial charge in [-0.15, -0.1) is 0 Å². The number of amides is 1. The number of fused-ring (bicyclic) bond motifs is 1. The summed E-state index contributed by atoms with van der Waals surface area (Å²) in [6, 6.07) is 7.74. The standard InChI is InChI=1S/C17H20N2O/c20-17(19-10-8-13-4-2-1-3-5-13)15-6-7-16-14(12-15)9-11-18-16/h4,6-7,9,11-12,18H,1-3,5,8,10H2,(H,19,20). The van der Waals surface area contributed by atoms with Gasteiger partial charge >= 0.3 is 0 Å². The van der Waals surface area contributed by atoms with Gasteiger partial charge in [0, 0.05) is 29.2 Å². The SMILES string of the molecule is O=C(NCCC1=CCCCC1)c1ccc2[nH]ccc2c1. The molecule has 3 rings (SSSR count). The molecule has 1 aliphatic rings. The Morgan fingerprint density at radius 2 is 2.20 bits per heavy atom. The predicted octanol–water partition coefficient (Wildman–Crippen LogP) is 3.79. The first kappa shape index (κ1) is 13.0. The highest BCUT2D eigenvalue weighted by Crippen LogP contribution is 2.19. The van der Waals surface area contributed by atoms with Gasteiger partial charge in [-0.25, -0.2) is 0 Å². The number of carbonyl (C=O) groups is 1. The van der Waals surface area contributed by atoms with Crippen LogP contribution >= 0.6 is 0 Å². The lowest BCUT2D eigenvalue weighted by atomic mass is 9.97. The summed E-state index contributed by atoms with van der Waals surface area (Å²) in [6.07, 6.45) is 10.2. The molecule has 2 aromatic rings. The monoisotopic (exact) mass is 268 g/mol. The Hall–Kier alpha value is -2.03. The predicted molar refractivity (Wildman–Crippen MR) is 81.8 cm³/mol. The average Bonchev–Trinajstić information content (AvgIpc) is 2.95. The lowest BCUT2D eigenvalue weighted by Gasteiger charge is -2.13. The van der Waals surface area contributed by atoms with Crippen molar-refractivity contribution in [3.05, 3.63) is 47.7 Å². The number of nitrogens with one attached hydrogen (secondary N) is 2. The second-order valence-electron chi connectivity index (χ2n) is 5.39. The van der Waals surface area contributed by atoms with Gasteiger partial charge in [-0.2, -0.15) is 0 Å². The van der Waals surface area contributed by atoms with Crippen LogP contribution in [0.1, 0.15) is 42.5 Å². The van der Waals surface area contributed by atoms with Crippen LogP contribution in [-0.4, -0.2) is 17.4 Å². The molecule has 3 nitrogen and oxygen atoms in total. The number of allylic oxidation sites excluding steroid dienone is 1. The maximum atomic E-state index is 12.1. The highest BCUT2D eigenvalue weighted by atomic mass is 16.1. The van der Waals surface area contributed by atoms with Crippen molar-refractivity contribution in [1.82, 2.24) is 10.3 Å². The zero-order valence-electron chi connectivity index (χ0n) is 11.6. The molecule has 104 valence electrons. The van der Waals surface area contributed by atoms with Crippen LogP contribution < -0.4 is 5.32 Å². The van der Waals surface area contributed by atoms with Crippen molar-refractivity contribution in [2.45, 2.75) is 32.1 Å². The fourth-order valence-corrected chi connectivity index (χ4v) is 2.76. The first-order valence-electron chi connectivity index (χ1n) is 7.36. The number of H-pyrrole nitrogens is 1. The summed E-state index contributed by atoms with van der Waals surface area (Å²) in [4.78, 5) is 15.2. The zero-order chi connectivity index (χ0) is 13.8. The second-order valence-corrected chi connectivity index (χ2v) is 5.39. The van der Waals surface area contributed by atoms with Gasteiger partial charge in [0.25, 0.3) is 5.91 Å². The Kier molecular flexibility index (Phi) is 3.86. The van der Waals surface area contributed by atoms with Gasteiger partial charge in [-0.05, 0) is 56.4 Å². The van der Waals surface area contributed by atoms with Crippen LogP contribution in [0.4, 0.5) is 0 Å². The molecule has 0 fully saturated rings. The van der Waals surface area contributed by atoms with Crippen LogP contribution in [0.2, 0.25) is 0 Å². The minimum Gasteiger partial charge on any atom is -0.361 e. The molecule has 1 amide bonds. The van der Waals surface area contributed by atoms with E-state index < -0.39 is 0 Å². The summed E-state index contributed by atoms with van der Waals surface area (Å²) in [6.45, 7) is 0.732. The van der Waals surface area contributed by atoms with Gasteiger partial charge in [0.2, 0.25) is 0 Å². The van der Waals surface area contributed by atoms with Gasteiger partial charge < -0.3 is 10.3 Å². The smallest absolute Gasteiger partial charge is 0.251 e.